The highest BCUT2D eigenvalue weighted by Gasteiger charge is 2.10. The molecule has 124 valence electrons. The molecule has 6 heteroatoms. The van der Waals surface area contributed by atoms with Crippen LogP contribution in [0.3, 0.4) is 0 Å². The number of methoxy groups -OCH3 is 1. The van der Waals surface area contributed by atoms with Gasteiger partial charge < -0.3 is 15.2 Å². The largest absolute Gasteiger partial charge is 0.496 e. The number of pyridine rings is 1. The van der Waals surface area contributed by atoms with Crippen LogP contribution in [-0.4, -0.2) is 27.0 Å². The second kappa shape index (κ2) is 7.14. The Morgan fingerprint density at radius 1 is 1.25 bits per heavy atom. The van der Waals surface area contributed by atoms with E-state index in [1.54, 1.807) is 18.0 Å². The van der Waals surface area contributed by atoms with E-state index in [9.17, 15) is 5.11 Å². The van der Waals surface area contributed by atoms with Crippen LogP contribution in [0, 0.1) is 0 Å². The van der Waals surface area contributed by atoms with Gasteiger partial charge in [-0.15, -0.1) is 0 Å². The minimum absolute atomic E-state index is 0.0630. The molecule has 2 heterocycles. The molecule has 0 atom stereocenters. The lowest BCUT2D eigenvalue weighted by molar-refractivity contribution is 0.274. The Morgan fingerprint density at radius 2 is 2.12 bits per heavy atom. The molecule has 6 nitrogen and oxygen atoms in total. The molecule has 0 fully saturated rings. The Hall–Kier alpha value is -2.86. The highest BCUT2D eigenvalue weighted by molar-refractivity contribution is 5.62. The summed E-state index contributed by atoms with van der Waals surface area (Å²) in [7, 11) is 3.50. The molecule has 1 aromatic carbocycles. The number of hydrogen-bond donors (Lipinski definition) is 2. The molecular weight excluding hydrogens is 304 g/mol. The summed E-state index contributed by atoms with van der Waals surface area (Å²) in [6.07, 6.45) is 5.55. The van der Waals surface area contributed by atoms with Gasteiger partial charge in [0, 0.05) is 54.6 Å². The van der Waals surface area contributed by atoms with Crippen molar-refractivity contribution in [3.63, 3.8) is 0 Å². The van der Waals surface area contributed by atoms with Crippen LogP contribution in [0.5, 0.6) is 5.75 Å². The van der Waals surface area contributed by atoms with E-state index in [0.717, 1.165) is 28.1 Å². The zero-order chi connectivity index (χ0) is 16.9. The quantitative estimate of drug-likeness (QED) is 0.729. The number of aromatic nitrogens is 3. The third-order valence-corrected chi connectivity index (χ3v) is 3.77. The molecule has 0 aliphatic rings. The molecular formula is C18H20N4O2. The molecule has 0 amide bonds. The highest BCUT2D eigenvalue weighted by atomic mass is 16.5. The van der Waals surface area contributed by atoms with Crippen molar-refractivity contribution in [2.45, 2.75) is 13.2 Å². The topological polar surface area (TPSA) is 72.2 Å². The van der Waals surface area contributed by atoms with Crippen LogP contribution in [-0.2, 0) is 20.2 Å². The molecule has 2 N–H and O–H groups in total. The number of aryl methyl sites for hydroxylation is 1. The molecule has 3 rings (SSSR count). The maximum atomic E-state index is 9.43. The van der Waals surface area contributed by atoms with Crippen molar-refractivity contribution in [2.24, 2.45) is 7.05 Å². The summed E-state index contributed by atoms with van der Waals surface area (Å²) in [6.45, 7) is 0.557. The van der Waals surface area contributed by atoms with Gasteiger partial charge in [0.2, 0.25) is 0 Å². The fourth-order valence-corrected chi connectivity index (χ4v) is 2.62. The number of benzene rings is 1. The van der Waals surface area contributed by atoms with Gasteiger partial charge >= 0.3 is 0 Å². The van der Waals surface area contributed by atoms with Gasteiger partial charge in [-0.25, -0.2) is 0 Å². The van der Waals surface area contributed by atoms with Crippen molar-refractivity contribution in [1.82, 2.24) is 14.8 Å². The lowest BCUT2D eigenvalue weighted by Gasteiger charge is -2.11. The van der Waals surface area contributed by atoms with Crippen LogP contribution < -0.4 is 10.1 Å². The van der Waals surface area contributed by atoms with Crippen molar-refractivity contribution in [1.29, 1.82) is 0 Å². The first-order valence-electron chi connectivity index (χ1n) is 7.66. The first-order valence-corrected chi connectivity index (χ1v) is 7.66. The summed E-state index contributed by atoms with van der Waals surface area (Å²) in [6, 6.07) is 9.56. The van der Waals surface area contributed by atoms with Crippen LogP contribution in [0.15, 0.2) is 48.9 Å². The van der Waals surface area contributed by atoms with Crippen molar-refractivity contribution in [2.75, 3.05) is 12.4 Å². The molecule has 0 aliphatic heterocycles. The van der Waals surface area contributed by atoms with Gasteiger partial charge in [-0.3, -0.25) is 9.67 Å². The van der Waals surface area contributed by atoms with E-state index >= 15 is 0 Å². The second-order valence-electron chi connectivity index (χ2n) is 5.46. The lowest BCUT2D eigenvalue weighted by atomic mass is 10.1. The normalized spacial score (nSPS) is 10.6. The molecule has 24 heavy (non-hydrogen) atoms. The summed E-state index contributed by atoms with van der Waals surface area (Å²) in [5, 5.41) is 17.3. The van der Waals surface area contributed by atoms with Gasteiger partial charge in [0.15, 0.2) is 0 Å². The van der Waals surface area contributed by atoms with Crippen LogP contribution in [0.25, 0.3) is 11.3 Å². The number of hydrogen-bond acceptors (Lipinski definition) is 5. The molecule has 0 unspecified atom stereocenters. The Morgan fingerprint density at radius 3 is 2.83 bits per heavy atom. The summed E-state index contributed by atoms with van der Waals surface area (Å²) in [4.78, 5) is 4.16. The van der Waals surface area contributed by atoms with Crippen molar-refractivity contribution >= 4 is 5.69 Å². The first kappa shape index (κ1) is 16.0. The highest BCUT2D eigenvalue weighted by Crippen LogP contribution is 2.25. The van der Waals surface area contributed by atoms with E-state index in [1.807, 2.05) is 49.8 Å². The smallest absolute Gasteiger partial charge is 0.124 e. The predicted octanol–water partition coefficient (Wildman–Crippen LogP) is 2.60. The Labute approximate surface area is 140 Å². The van der Waals surface area contributed by atoms with E-state index in [-0.39, 0.29) is 6.61 Å². The summed E-state index contributed by atoms with van der Waals surface area (Å²) < 4.78 is 7.02. The number of ether oxygens (including phenoxy) is 1. The van der Waals surface area contributed by atoms with E-state index in [0.29, 0.717) is 12.3 Å². The molecule has 3 aromatic rings. The van der Waals surface area contributed by atoms with Crippen molar-refractivity contribution < 1.29 is 9.84 Å². The molecule has 0 aliphatic carbocycles. The molecule has 0 saturated carbocycles. The maximum Gasteiger partial charge on any atom is 0.124 e. The summed E-state index contributed by atoms with van der Waals surface area (Å²) in [5.74, 6) is 0.681. The number of aliphatic hydroxyl groups is 1. The summed E-state index contributed by atoms with van der Waals surface area (Å²) in [5.41, 5.74) is 4.64. The van der Waals surface area contributed by atoms with Crippen LogP contribution >= 0.6 is 0 Å². The van der Waals surface area contributed by atoms with E-state index < -0.39 is 0 Å². The van der Waals surface area contributed by atoms with Crippen molar-refractivity contribution in [3.05, 3.63) is 60.0 Å². The van der Waals surface area contributed by atoms with Crippen LogP contribution in [0.4, 0.5) is 5.69 Å². The third-order valence-electron chi connectivity index (χ3n) is 3.77. The van der Waals surface area contributed by atoms with E-state index in [2.05, 4.69) is 15.4 Å². The number of anilines is 1. The average molecular weight is 324 g/mol. The maximum absolute atomic E-state index is 9.43. The number of nitrogens with zero attached hydrogens (tertiary/aromatic N) is 3. The zero-order valence-electron chi connectivity index (χ0n) is 13.7. The van der Waals surface area contributed by atoms with Crippen LogP contribution in [0.2, 0.25) is 0 Å². The first-order chi connectivity index (χ1) is 11.7. The minimum Gasteiger partial charge on any atom is -0.496 e. The van der Waals surface area contributed by atoms with Gasteiger partial charge in [0.25, 0.3) is 0 Å². The third kappa shape index (κ3) is 3.38. The van der Waals surface area contributed by atoms with Crippen molar-refractivity contribution in [3.8, 4) is 17.0 Å². The molecule has 0 spiro atoms. The Bertz CT molecular complexity index is 815. The zero-order valence-corrected chi connectivity index (χ0v) is 13.7. The monoisotopic (exact) mass is 324 g/mol. The fraction of sp³-hybridized carbons (Fsp3) is 0.222. The van der Waals surface area contributed by atoms with E-state index in [4.69, 9.17) is 4.74 Å². The SMILES string of the molecule is COc1ccc(NCc2cn(C)nc2-c2cccnc2)cc1CO. The standard InChI is InChI=1S/C18H20N4O2/c1-22-11-15(18(21-22)13-4-3-7-19-9-13)10-20-16-5-6-17(24-2)14(8-16)12-23/h3-9,11,20,23H,10,12H2,1-2H3. The Kier molecular flexibility index (Phi) is 4.77. The van der Waals surface area contributed by atoms with Gasteiger partial charge in [0.05, 0.1) is 19.4 Å². The van der Waals surface area contributed by atoms with Gasteiger partial charge in [-0.2, -0.15) is 5.10 Å². The average Bonchev–Trinajstić information content (AvgIpc) is 3.01. The molecule has 0 saturated heterocycles. The fourth-order valence-electron chi connectivity index (χ4n) is 2.62. The molecule has 2 aromatic heterocycles. The molecule has 0 bridgehead atoms. The second-order valence-corrected chi connectivity index (χ2v) is 5.46. The number of nitrogens with one attached hydrogen (secondary N) is 1. The van der Waals surface area contributed by atoms with Gasteiger partial charge in [-0.1, -0.05) is 0 Å². The number of rotatable bonds is 6. The minimum atomic E-state index is -0.0630. The lowest BCUT2D eigenvalue weighted by Crippen LogP contribution is -2.01. The predicted molar refractivity (Wildman–Crippen MR) is 92.7 cm³/mol. The summed E-state index contributed by atoms with van der Waals surface area (Å²) >= 11 is 0. The van der Waals surface area contributed by atoms with Crippen LogP contribution in [0.1, 0.15) is 11.1 Å². The van der Waals surface area contributed by atoms with E-state index in [1.165, 1.54) is 0 Å². The molecule has 0 radical (unpaired) electrons. The van der Waals surface area contributed by atoms with Gasteiger partial charge in [-0.05, 0) is 30.3 Å². The Balaban J connectivity index is 1.80. The number of aliphatic hydroxyl groups excluding tert-OH is 1. The van der Waals surface area contributed by atoms with Gasteiger partial charge in [0.1, 0.15) is 5.75 Å².